The molecule has 2 heterocycles. The maximum absolute atomic E-state index is 13.2. The third kappa shape index (κ3) is 8.35. The molecule has 0 radical (unpaired) electrons. The van der Waals surface area contributed by atoms with Crippen molar-refractivity contribution in [3.05, 3.63) is 42.0 Å². The summed E-state index contributed by atoms with van der Waals surface area (Å²) in [5.41, 5.74) is 8.09. The highest BCUT2D eigenvalue weighted by molar-refractivity contribution is 5.93. The van der Waals surface area contributed by atoms with Crippen LogP contribution < -0.4 is 5.73 Å². The Labute approximate surface area is 218 Å². The summed E-state index contributed by atoms with van der Waals surface area (Å²) in [7, 11) is 0. The van der Waals surface area contributed by atoms with Crippen molar-refractivity contribution >= 4 is 23.3 Å². The molecule has 7 nitrogen and oxygen atoms in total. The Morgan fingerprint density at radius 3 is 2.30 bits per heavy atom. The Bertz CT molecular complexity index is 973. The van der Waals surface area contributed by atoms with E-state index in [1.54, 1.807) is 4.90 Å². The molecule has 2 saturated heterocycles. The van der Waals surface area contributed by atoms with E-state index in [0.29, 0.717) is 31.3 Å². The van der Waals surface area contributed by atoms with Gasteiger partial charge >= 0.3 is 6.03 Å². The average molecular weight is 519 g/mol. The first-order valence-electron chi connectivity index (χ1n) is 13.2. The predicted octanol–water partition coefficient (Wildman–Crippen LogP) is 4.56. The van der Waals surface area contributed by atoms with E-state index in [4.69, 9.17) is 10.8 Å². The molecule has 4 rings (SSSR count). The fraction of sp³-hybridized carbons (Fsp3) is 0.607. The Morgan fingerprint density at radius 2 is 1.78 bits per heavy atom. The van der Waals surface area contributed by atoms with Crippen LogP contribution >= 0.6 is 0 Å². The minimum atomic E-state index is -2.70. The molecule has 9 heteroatoms. The zero-order valence-electron chi connectivity index (χ0n) is 21.9. The number of alkyl halides is 2. The normalized spacial score (nSPS) is 22.4. The lowest BCUT2D eigenvalue weighted by molar-refractivity contribution is -0.136. The second kappa shape index (κ2) is 13.1. The number of urea groups is 1. The van der Waals surface area contributed by atoms with Gasteiger partial charge in [0.15, 0.2) is 0 Å². The smallest absolute Gasteiger partial charge is 0.345 e. The van der Waals surface area contributed by atoms with Gasteiger partial charge in [-0.05, 0) is 49.2 Å². The van der Waals surface area contributed by atoms with Gasteiger partial charge in [0.25, 0.3) is 5.92 Å². The maximum atomic E-state index is 13.2. The number of likely N-dealkylation sites (tertiary alicyclic amines) is 2. The van der Waals surface area contributed by atoms with Crippen LogP contribution in [0, 0.1) is 17.8 Å². The Morgan fingerprint density at radius 1 is 1.11 bits per heavy atom. The summed E-state index contributed by atoms with van der Waals surface area (Å²) in [6.07, 6.45) is 5.84. The first kappa shape index (κ1) is 28.8. The van der Waals surface area contributed by atoms with E-state index in [1.165, 1.54) is 16.0 Å². The van der Waals surface area contributed by atoms with Gasteiger partial charge in [0.2, 0.25) is 5.91 Å². The van der Waals surface area contributed by atoms with Gasteiger partial charge in [0, 0.05) is 44.5 Å². The largest absolute Gasteiger partial charge is 0.396 e. The molecule has 1 aromatic carbocycles. The molecule has 204 valence electrons. The number of hydrogen-bond acceptors (Lipinski definition) is 3. The molecule has 3 amide bonds. The van der Waals surface area contributed by atoms with Crippen LogP contribution in [0.25, 0.3) is 5.57 Å². The number of nitrogens with zero attached hydrogens (tertiary/aromatic N) is 3. The first-order valence-corrected chi connectivity index (χ1v) is 13.2. The van der Waals surface area contributed by atoms with Gasteiger partial charge in [-0.25, -0.2) is 13.6 Å². The van der Waals surface area contributed by atoms with Gasteiger partial charge in [-0.1, -0.05) is 50.3 Å². The lowest BCUT2D eigenvalue weighted by Crippen LogP contribution is -2.38. The third-order valence-electron chi connectivity index (χ3n) is 7.35. The van der Waals surface area contributed by atoms with Crippen molar-refractivity contribution in [3.8, 4) is 0 Å². The summed E-state index contributed by atoms with van der Waals surface area (Å²) >= 11 is 0. The molecule has 3 aliphatic rings. The van der Waals surface area contributed by atoms with Crippen molar-refractivity contribution in [1.82, 2.24) is 9.80 Å². The zero-order chi connectivity index (χ0) is 27.0. The number of rotatable bonds is 4. The number of hydrogen-bond donors (Lipinski definition) is 2. The van der Waals surface area contributed by atoms with Crippen LogP contribution in [0.2, 0.25) is 0 Å². The highest BCUT2D eigenvalue weighted by atomic mass is 19.3. The third-order valence-corrected chi connectivity index (χ3v) is 7.35. The molecule has 0 aromatic heterocycles. The number of allylic oxidation sites excluding steroid dienone is 2. The van der Waals surface area contributed by atoms with Crippen LogP contribution in [0.3, 0.4) is 0 Å². The van der Waals surface area contributed by atoms with Gasteiger partial charge in [0.1, 0.15) is 5.84 Å². The van der Waals surface area contributed by atoms with E-state index >= 15 is 0 Å². The summed E-state index contributed by atoms with van der Waals surface area (Å²) in [5.74, 6) is -2.12. The molecule has 0 spiro atoms. The predicted molar refractivity (Wildman–Crippen MR) is 141 cm³/mol. The standard InChI is InChI=1S/C17H19F2NO.C11H21N3O2/c18-17(19)10-11-20(12-17)16(21)15-8-6-14(7-9-15)13-4-2-1-3-5-13;1-8(2)10(12)13-11(16)14-5-3-9(7-15)4-6-14/h1-6,15H,7-12H2;8-9,15H,3-7H2,1-2H3,(H2,12,13,16). The zero-order valence-corrected chi connectivity index (χ0v) is 21.9. The quantitative estimate of drug-likeness (QED) is 0.451. The molecule has 1 atom stereocenters. The van der Waals surface area contributed by atoms with Gasteiger partial charge in [0.05, 0.1) is 6.54 Å². The molecule has 3 N–H and O–H groups in total. The molecule has 1 aromatic rings. The maximum Gasteiger partial charge on any atom is 0.345 e. The molecule has 0 saturated carbocycles. The Balaban J connectivity index is 0.000000214. The summed E-state index contributed by atoms with van der Waals surface area (Å²) in [5, 5.41) is 8.98. The SMILES string of the molecule is CC(C)/C(N)=N/C(=O)N1CCC(CO)CC1.O=C(C1CC=C(c2ccccc2)CC1)N1CCC(F)(F)C1. The van der Waals surface area contributed by atoms with Crippen LogP contribution in [-0.2, 0) is 4.79 Å². The number of amidine groups is 1. The van der Waals surface area contributed by atoms with Crippen LogP contribution in [0.1, 0.15) is 57.9 Å². The van der Waals surface area contributed by atoms with Crippen molar-refractivity contribution in [2.24, 2.45) is 28.5 Å². The second-order valence-electron chi connectivity index (χ2n) is 10.5. The number of aliphatic hydroxyl groups is 1. The van der Waals surface area contributed by atoms with E-state index in [2.05, 4.69) is 23.2 Å². The van der Waals surface area contributed by atoms with Gasteiger partial charge in [-0.3, -0.25) is 4.79 Å². The lowest BCUT2D eigenvalue weighted by atomic mass is 9.86. The van der Waals surface area contributed by atoms with Crippen molar-refractivity contribution in [2.75, 3.05) is 32.8 Å². The summed E-state index contributed by atoms with van der Waals surface area (Å²) < 4.78 is 26.4. The molecule has 1 unspecified atom stereocenters. The molecule has 2 aliphatic heterocycles. The summed E-state index contributed by atoms with van der Waals surface area (Å²) in [6.45, 7) is 5.14. The van der Waals surface area contributed by atoms with E-state index in [1.807, 2.05) is 32.0 Å². The number of piperidine rings is 1. The molecule has 2 fully saturated rings. The van der Waals surface area contributed by atoms with E-state index < -0.39 is 12.5 Å². The topological polar surface area (TPSA) is 99.2 Å². The number of carbonyl (C=O) groups excluding carboxylic acids is 2. The number of aliphatic imine (C=N–C) groups is 1. The van der Waals surface area contributed by atoms with Gasteiger partial charge in [-0.15, -0.1) is 0 Å². The van der Waals surface area contributed by atoms with Crippen molar-refractivity contribution in [1.29, 1.82) is 0 Å². The average Bonchev–Trinajstić information content (AvgIpc) is 3.28. The fourth-order valence-electron chi connectivity index (χ4n) is 4.77. The molecule has 0 bridgehead atoms. The number of nitrogens with two attached hydrogens (primary N) is 1. The molecular weight excluding hydrogens is 478 g/mol. The number of benzene rings is 1. The van der Waals surface area contributed by atoms with E-state index in [9.17, 15) is 18.4 Å². The number of amides is 3. The first-order chi connectivity index (χ1) is 17.6. The summed E-state index contributed by atoms with van der Waals surface area (Å²) in [4.78, 5) is 30.9. The lowest BCUT2D eigenvalue weighted by Gasteiger charge is -2.29. The van der Waals surface area contributed by atoms with Crippen LogP contribution in [0.4, 0.5) is 13.6 Å². The minimum absolute atomic E-state index is 0.0962. The number of aliphatic hydroxyl groups excluding tert-OH is 1. The van der Waals surface area contributed by atoms with Crippen LogP contribution in [0.15, 0.2) is 41.4 Å². The highest BCUT2D eigenvalue weighted by Gasteiger charge is 2.41. The Kier molecular flexibility index (Phi) is 10.2. The number of carbonyl (C=O) groups is 2. The minimum Gasteiger partial charge on any atom is -0.396 e. The van der Waals surface area contributed by atoms with Crippen LogP contribution in [0.5, 0.6) is 0 Å². The van der Waals surface area contributed by atoms with Crippen molar-refractivity contribution in [2.45, 2.75) is 58.3 Å². The van der Waals surface area contributed by atoms with E-state index in [0.717, 1.165) is 25.7 Å². The van der Waals surface area contributed by atoms with Crippen LogP contribution in [-0.4, -0.2) is 71.4 Å². The summed E-state index contributed by atoms with van der Waals surface area (Å²) in [6, 6.07) is 9.86. The monoisotopic (exact) mass is 518 g/mol. The van der Waals surface area contributed by atoms with Gasteiger partial charge < -0.3 is 20.6 Å². The molecule has 37 heavy (non-hydrogen) atoms. The molecular formula is C28H40F2N4O3. The molecule has 1 aliphatic carbocycles. The van der Waals surface area contributed by atoms with Crippen molar-refractivity contribution in [3.63, 3.8) is 0 Å². The van der Waals surface area contributed by atoms with Crippen molar-refractivity contribution < 1.29 is 23.5 Å². The Hall–Kier alpha value is -2.81. The van der Waals surface area contributed by atoms with Gasteiger partial charge in [-0.2, -0.15) is 4.99 Å². The highest BCUT2D eigenvalue weighted by Crippen LogP contribution is 2.34. The number of halogens is 2. The van der Waals surface area contributed by atoms with E-state index in [-0.39, 0.29) is 43.3 Å². The second-order valence-corrected chi connectivity index (χ2v) is 10.5. The fourth-order valence-corrected chi connectivity index (χ4v) is 4.77.